The molecule has 1 unspecified atom stereocenters. The molecule has 32 heavy (non-hydrogen) atoms. The van der Waals surface area contributed by atoms with Gasteiger partial charge in [-0.3, -0.25) is 0 Å². The molecule has 1 aliphatic rings. The Balaban J connectivity index is 1.34. The first-order valence-electron chi connectivity index (χ1n) is 11.8. The smallest absolute Gasteiger partial charge is 0.129 e. The molecule has 168 valence electrons. The van der Waals surface area contributed by atoms with Gasteiger partial charge >= 0.3 is 0 Å². The number of hydrogen-bond acceptors (Lipinski definition) is 0. The highest BCUT2D eigenvalue weighted by Gasteiger charge is 2.24. The average molecular weight is 437 g/mol. The summed E-state index contributed by atoms with van der Waals surface area (Å²) in [6.45, 7) is 2.01. The zero-order chi connectivity index (χ0) is 22.5. The van der Waals surface area contributed by atoms with Crippen molar-refractivity contribution in [2.24, 2.45) is 5.92 Å². The summed E-state index contributed by atoms with van der Waals surface area (Å²) in [5.41, 5.74) is 3.25. The van der Waals surface area contributed by atoms with Crippen LogP contribution in [0.4, 0.5) is 13.2 Å². The summed E-state index contributed by atoms with van der Waals surface area (Å²) in [6, 6.07) is 19.7. The van der Waals surface area contributed by atoms with Crippen molar-refractivity contribution in [2.75, 3.05) is 0 Å². The minimum absolute atomic E-state index is 0.0580. The largest absolute Gasteiger partial charge is 0.207 e. The highest BCUT2D eigenvalue weighted by atomic mass is 19.1. The lowest BCUT2D eigenvalue weighted by atomic mass is 9.76. The van der Waals surface area contributed by atoms with E-state index < -0.39 is 11.6 Å². The van der Waals surface area contributed by atoms with Crippen LogP contribution in [0.5, 0.6) is 0 Å². The molecule has 0 N–H and O–H groups in total. The Morgan fingerprint density at radius 1 is 0.812 bits per heavy atom. The Morgan fingerprint density at radius 3 is 2.06 bits per heavy atom. The van der Waals surface area contributed by atoms with Crippen molar-refractivity contribution < 1.29 is 13.2 Å². The summed E-state index contributed by atoms with van der Waals surface area (Å²) in [4.78, 5) is 0. The number of rotatable bonds is 7. The summed E-state index contributed by atoms with van der Waals surface area (Å²) >= 11 is 0. The number of hydrogen-bond donors (Lipinski definition) is 0. The van der Waals surface area contributed by atoms with Crippen LogP contribution in [0, 0.1) is 23.4 Å². The third-order valence-corrected chi connectivity index (χ3v) is 7.11. The first kappa shape index (κ1) is 22.6. The van der Waals surface area contributed by atoms with Gasteiger partial charge in [0.15, 0.2) is 0 Å². The molecule has 1 saturated carbocycles. The molecule has 1 aliphatic carbocycles. The molecule has 0 aliphatic heterocycles. The Bertz CT molecular complexity index is 979. The molecule has 0 nitrogen and oxygen atoms in total. The van der Waals surface area contributed by atoms with Crippen LogP contribution in [0.2, 0.25) is 0 Å². The van der Waals surface area contributed by atoms with Crippen molar-refractivity contribution in [3.63, 3.8) is 0 Å². The van der Waals surface area contributed by atoms with Crippen LogP contribution in [-0.2, 0) is 12.8 Å². The predicted molar refractivity (Wildman–Crippen MR) is 124 cm³/mol. The van der Waals surface area contributed by atoms with Crippen LogP contribution in [0.1, 0.15) is 73.1 Å². The van der Waals surface area contributed by atoms with Gasteiger partial charge in [-0.15, -0.1) is 0 Å². The van der Waals surface area contributed by atoms with E-state index in [1.54, 1.807) is 12.1 Å². The van der Waals surface area contributed by atoms with Crippen LogP contribution in [0.25, 0.3) is 0 Å². The summed E-state index contributed by atoms with van der Waals surface area (Å²) < 4.78 is 42.8. The predicted octanol–water partition coefficient (Wildman–Crippen LogP) is 8.36. The lowest BCUT2D eigenvalue weighted by Crippen LogP contribution is -2.15. The molecule has 0 amide bonds. The molecule has 1 atom stereocenters. The first-order valence-corrected chi connectivity index (χ1v) is 11.8. The fourth-order valence-electron chi connectivity index (χ4n) is 5.07. The molecule has 0 heterocycles. The van der Waals surface area contributed by atoms with Gasteiger partial charge in [-0.2, -0.15) is 0 Å². The second-order valence-electron chi connectivity index (χ2n) is 9.36. The molecule has 0 spiro atoms. The van der Waals surface area contributed by atoms with Crippen LogP contribution in [0.15, 0.2) is 66.7 Å². The van der Waals surface area contributed by atoms with Gasteiger partial charge in [-0.25, -0.2) is 13.2 Å². The molecule has 0 bridgehead atoms. The average Bonchev–Trinajstić information content (AvgIpc) is 2.81. The second-order valence-corrected chi connectivity index (χ2v) is 9.36. The van der Waals surface area contributed by atoms with E-state index in [1.807, 2.05) is 49.4 Å². The van der Waals surface area contributed by atoms with Gasteiger partial charge in [0.05, 0.1) is 0 Å². The van der Waals surface area contributed by atoms with E-state index in [4.69, 9.17) is 0 Å². The van der Waals surface area contributed by atoms with E-state index in [9.17, 15) is 13.2 Å². The van der Waals surface area contributed by atoms with Gasteiger partial charge in [-0.05, 0) is 104 Å². The van der Waals surface area contributed by atoms with Gasteiger partial charge in [0.1, 0.15) is 17.5 Å². The quantitative estimate of drug-likeness (QED) is 0.349. The SMILES string of the molecule is CC(Cc1c(F)cc(C2CCC(CCc3ccc(F)cc3)CC2)cc1F)c1ccccc1. The van der Waals surface area contributed by atoms with E-state index in [0.717, 1.165) is 55.2 Å². The highest BCUT2D eigenvalue weighted by Crippen LogP contribution is 2.38. The maximum atomic E-state index is 14.9. The van der Waals surface area contributed by atoms with Gasteiger partial charge < -0.3 is 0 Å². The molecular weight excluding hydrogens is 405 g/mol. The lowest BCUT2D eigenvalue weighted by molar-refractivity contribution is 0.309. The second kappa shape index (κ2) is 10.4. The Kier molecular flexibility index (Phi) is 7.34. The van der Waals surface area contributed by atoms with E-state index in [1.165, 1.54) is 12.1 Å². The van der Waals surface area contributed by atoms with E-state index >= 15 is 0 Å². The molecule has 3 aromatic carbocycles. The van der Waals surface area contributed by atoms with Gasteiger partial charge in [0.25, 0.3) is 0 Å². The summed E-state index contributed by atoms with van der Waals surface area (Å²) in [7, 11) is 0. The molecule has 0 aromatic heterocycles. The topological polar surface area (TPSA) is 0 Å². The van der Waals surface area contributed by atoms with Gasteiger partial charge in [0, 0.05) is 5.56 Å². The highest BCUT2D eigenvalue weighted by molar-refractivity contribution is 5.31. The molecule has 0 radical (unpaired) electrons. The summed E-state index contributed by atoms with van der Waals surface area (Å²) in [5, 5.41) is 0. The monoisotopic (exact) mass is 436 g/mol. The van der Waals surface area contributed by atoms with Crippen molar-refractivity contribution in [3.05, 3.63) is 106 Å². The fourth-order valence-corrected chi connectivity index (χ4v) is 5.07. The number of aryl methyl sites for hydroxylation is 1. The van der Waals surface area contributed by atoms with Crippen molar-refractivity contribution in [2.45, 2.75) is 63.7 Å². The van der Waals surface area contributed by atoms with Crippen LogP contribution in [-0.4, -0.2) is 0 Å². The van der Waals surface area contributed by atoms with Gasteiger partial charge in [0.2, 0.25) is 0 Å². The van der Waals surface area contributed by atoms with Crippen molar-refractivity contribution >= 4 is 0 Å². The lowest BCUT2D eigenvalue weighted by Gasteiger charge is -2.29. The summed E-state index contributed by atoms with van der Waals surface area (Å²) in [6.07, 6.45) is 6.46. The Hall–Kier alpha value is -2.55. The maximum absolute atomic E-state index is 14.9. The number of benzene rings is 3. The fraction of sp³-hybridized carbons (Fsp3) is 0.379. The van der Waals surface area contributed by atoms with Crippen molar-refractivity contribution in [3.8, 4) is 0 Å². The molecule has 0 saturated heterocycles. The van der Waals surface area contributed by atoms with E-state index in [2.05, 4.69) is 0 Å². The van der Waals surface area contributed by atoms with E-state index in [0.29, 0.717) is 12.3 Å². The third kappa shape index (κ3) is 5.62. The Labute approximate surface area is 189 Å². The Morgan fingerprint density at radius 2 is 1.44 bits per heavy atom. The van der Waals surface area contributed by atoms with Crippen LogP contribution < -0.4 is 0 Å². The number of halogens is 3. The molecule has 4 rings (SSSR count). The van der Waals surface area contributed by atoms with Crippen molar-refractivity contribution in [1.82, 2.24) is 0 Å². The molecular formula is C29H31F3. The normalized spacial score (nSPS) is 19.6. The van der Waals surface area contributed by atoms with Crippen LogP contribution >= 0.6 is 0 Å². The zero-order valence-electron chi connectivity index (χ0n) is 18.7. The molecule has 3 aromatic rings. The molecule has 3 heteroatoms. The third-order valence-electron chi connectivity index (χ3n) is 7.11. The van der Waals surface area contributed by atoms with E-state index in [-0.39, 0.29) is 23.2 Å². The molecule has 1 fully saturated rings. The first-order chi connectivity index (χ1) is 15.5. The maximum Gasteiger partial charge on any atom is 0.129 e. The summed E-state index contributed by atoms with van der Waals surface area (Å²) in [5.74, 6) is -0.127. The van der Waals surface area contributed by atoms with Crippen LogP contribution in [0.3, 0.4) is 0 Å². The minimum Gasteiger partial charge on any atom is -0.207 e. The van der Waals surface area contributed by atoms with Crippen molar-refractivity contribution in [1.29, 1.82) is 0 Å². The standard InChI is InChI=1S/C29H31F3/c1-20(23-5-3-2-4-6-23)17-27-28(31)18-25(19-29(27)32)24-13-9-21(10-14-24)7-8-22-11-15-26(30)16-12-22/h2-6,11-12,15-16,18-21,24H,7-10,13-14,17H2,1H3. The minimum atomic E-state index is -0.416. The van der Waals surface area contributed by atoms with Gasteiger partial charge in [-0.1, -0.05) is 49.4 Å². The zero-order valence-corrected chi connectivity index (χ0v) is 18.7.